The quantitative estimate of drug-likeness (QED) is 0.758. The largest absolute Gasteiger partial charge is 0.316 e. The van der Waals surface area contributed by atoms with E-state index in [1.165, 1.54) is 6.07 Å². The smallest absolute Gasteiger partial charge is 0.124 e. The normalized spacial score (nSPS) is 14.7. The lowest BCUT2D eigenvalue weighted by Crippen LogP contribution is -2.35. The number of halogens is 2. The van der Waals surface area contributed by atoms with Crippen molar-refractivity contribution in [1.29, 1.82) is 0 Å². The molecule has 1 rings (SSSR count). The van der Waals surface area contributed by atoms with Crippen LogP contribution in [0.5, 0.6) is 0 Å². The van der Waals surface area contributed by atoms with Gasteiger partial charge >= 0.3 is 0 Å². The monoisotopic (exact) mass is 329 g/mol. The van der Waals surface area contributed by atoms with E-state index >= 15 is 0 Å². The van der Waals surface area contributed by atoms with Crippen LogP contribution < -0.4 is 5.32 Å². The zero-order chi connectivity index (χ0) is 14.5. The Morgan fingerprint density at radius 3 is 2.53 bits per heavy atom. The molecule has 0 saturated heterocycles. The number of nitrogens with one attached hydrogen (secondary N) is 1. The van der Waals surface area contributed by atoms with Gasteiger partial charge in [0.25, 0.3) is 0 Å². The van der Waals surface area contributed by atoms with Crippen LogP contribution in [0.4, 0.5) is 4.39 Å². The maximum absolute atomic E-state index is 13.4. The molecular weight excluding hydrogens is 305 g/mol. The first kappa shape index (κ1) is 16.6. The van der Waals surface area contributed by atoms with Crippen molar-refractivity contribution in [3.8, 4) is 0 Å². The highest BCUT2D eigenvalue weighted by Gasteiger charge is 2.22. The lowest BCUT2D eigenvalue weighted by Gasteiger charge is -2.29. The van der Waals surface area contributed by atoms with E-state index in [2.05, 4.69) is 48.9 Å². The Hall–Kier alpha value is -0.410. The first-order valence-corrected chi connectivity index (χ1v) is 7.79. The van der Waals surface area contributed by atoms with Gasteiger partial charge in [-0.1, -0.05) is 43.6 Å². The molecule has 0 spiro atoms. The molecule has 1 N–H and O–H groups in total. The lowest BCUT2D eigenvalue weighted by atomic mass is 9.81. The molecule has 0 heterocycles. The number of hydrogen-bond acceptors (Lipinski definition) is 1. The standard InChI is InChI=1S/C16H25BrFN/c1-5-16(4,11-19-10-12(2)3)9-13-6-14(17)8-15(18)7-13/h6-8,12,19H,5,9-11H2,1-4H3. The molecule has 0 bridgehead atoms. The molecule has 0 saturated carbocycles. The Labute approximate surface area is 125 Å². The first-order chi connectivity index (χ1) is 8.84. The Morgan fingerprint density at radius 2 is 2.00 bits per heavy atom. The van der Waals surface area contributed by atoms with Crippen LogP contribution in [0, 0.1) is 17.2 Å². The van der Waals surface area contributed by atoms with Gasteiger partial charge in [-0.3, -0.25) is 0 Å². The van der Waals surface area contributed by atoms with E-state index in [4.69, 9.17) is 0 Å². The minimum absolute atomic E-state index is 0.169. The Bertz CT molecular complexity index is 385. The van der Waals surface area contributed by atoms with Gasteiger partial charge in [-0.25, -0.2) is 4.39 Å². The number of hydrogen-bond donors (Lipinski definition) is 1. The fraction of sp³-hybridized carbons (Fsp3) is 0.625. The third kappa shape index (κ3) is 6.05. The summed E-state index contributed by atoms with van der Waals surface area (Å²) >= 11 is 3.36. The highest BCUT2D eigenvalue weighted by molar-refractivity contribution is 9.10. The average Bonchev–Trinajstić information content (AvgIpc) is 2.26. The van der Waals surface area contributed by atoms with Crippen molar-refractivity contribution in [1.82, 2.24) is 5.32 Å². The van der Waals surface area contributed by atoms with Gasteiger partial charge in [0, 0.05) is 11.0 Å². The summed E-state index contributed by atoms with van der Waals surface area (Å²) in [6.45, 7) is 10.9. The second kappa shape index (κ2) is 7.39. The molecule has 19 heavy (non-hydrogen) atoms. The second-order valence-electron chi connectivity index (χ2n) is 6.14. The van der Waals surface area contributed by atoms with E-state index in [0.717, 1.165) is 36.0 Å². The SMILES string of the molecule is CCC(C)(CNCC(C)C)Cc1cc(F)cc(Br)c1. The van der Waals surface area contributed by atoms with Crippen LogP contribution in [-0.2, 0) is 6.42 Å². The van der Waals surface area contributed by atoms with Gasteiger partial charge in [0.2, 0.25) is 0 Å². The molecule has 1 aromatic rings. The molecule has 1 nitrogen and oxygen atoms in total. The van der Waals surface area contributed by atoms with Crippen molar-refractivity contribution in [2.75, 3.05) is 13.1 Å². The van der Waals surface area contributed by atoms with Crippen molar-refractivity contribution >= 4 is 15.9 Å². The highest BCUT2D eigenvalue weighted by Crippen LogP contribution is 2.27. The van der Waals surface area contributed by atoms with Crippen LogP contribution in [0.2, 0.25) is 0 Å². The molecule has 1 unspecified atom stereocenters. The van der Waals surface area contributed by atoms with E-state index in [-0.39, 0.29) is 11.2 Å². The fourth-order valence-electron chi connectivity index (χ4n) is 2.18. The van der Waals surface area contributed by atoms with Gasteiger partial charge in [0.1, 0.15) is 5.82 Å². The summed E-state index contributed by atoms with van der Waals surface area (Å²) in [7, 11) is 0. The Balaban J connectivity index is 2.68. The van der Waals surface area contributed by atoms with E-state index in [9.17, 15) is 4.39 Å². The maximum atomic E-state index is 13.4. The zero-order valence-corrected chi connectivity index (χ0v) is 14.0. The summed E-state index contributed by atoms with van der Waals surface area (Å²) < 4.78 is 14.2. The Morgan fingerprint density at radius 1 is 1.32 bits per heavy atom. The topological polar surface area (TPSA) is 12.0 Å². The summed E-state index contributed by atoms with van der Waals surface area (Å²) in [5.41, 5.74) is 1.23. The zero-order valence-electron chi connectivity index (χ0n) is 12.4. The number of rotatable bonds is 7. The minimum Gasteiger partial charge on any atom is -0.316 e. The third-order valence-electron chi connectivity index (χ3n) is 3.51. The summed E-state index contributed by atoms with van der Waals surface area (Å²) in [6.07, 6.45) is 1.97. The lowest BCUT2D eigenvalue weighted by molar-refractivity contribution is 0.285. The molecule has 0 aliphatic heterocycles. The first-order valence-electron chi connectivity index (χ1n) is 7.00. The maximum Gasteiger partial charge on any atom is 0.124 e. The Kier molecular flexibility index (Phi) is 6.48. The average molecular weight is 330 g/mol. The third-order valence-corrected chi connectivity index (χ3v) is 3.97. The molecule has 3 heteroatoms. The molecule has 0 aliphatic rings. The van der Waals surface area contributed by atoms with Crippen molar-refractivity contribution in [3.63, 3.8) is 0 Å². The van der Waals surface area contributed by atoms with E-state index in [0.29, 0.717) is 5.92 Å². The summed E-state index contributed by atoms with van der Waals surface area (Å²) in [6, 6.07) is 5.16. The molecule has 0 fully saturated rings. The van der Waals surface area contributed by atoms with Crippen LogP contribution in [0.15, 0.2) is 22.7 Å². The van der Waals surface area contributed by atoms with Crippen LogP contribution in [0.3, 0.4) is 0 Å². The molecule has 0 aliphatic carbocycles. The summed E-state index contributed by atoms with van der Waals surface area (Å²) in [5.74, 6) is 0.488. The highest BCUT2D eigenvalue weighted by atomic mass is 79.9. The van der Waals surface area contributed by atoms with Crippen molar-refractivity contribution in [3.05, 3.63) is 34.1 Å². The molecule has 0 radical (unpaired) electrons. The van der Waals surface area contributed by atoms with E-state index in [1.54, 1.807) is 6.07 Å². The van der Waals surface area contributed by atoms with Crippen molar-refractivity contribution in [2.45, 2.75) is 40.5 Å². The second-order valence-corrected chi connectivity index (χ2v) is 7.06. The van der Waals surface area contributed by atoms with Crippen molar-refractivity contribution < 1.29 is 4.39 Å². The van der Waals surface area contributed by atoms with Crippen LogP contribution in [0.1, 0.15) is 39.7 Å². The molecule has 1 aromatic carbocycles. The molecule has 108 valence electrons. The van der Waals surface area contributed by atoms with Gasteiger partial charge < -0.3 is 5.32 Å². The number of benzene rings is 1. The molecule has 0 aromatic heterocycles. The summed E-state index contributed by atoms with van der Waals surface area (Å²) in [4.78, 5) is 0. The van der Waals surface area contributed by atoms with Crippen molar-refractivity contribution in [2.24, 2.45) is 11.3 Å². The van der Waals surface area contributed by atoms with Gasteiger partial charge in [0.05, 0.1) is 0 Å². The fourth-order valence-corrected chi connectivity index (χ4v) is 2.69. The van der Waals surface area contributed by atoms with Crippen LogP contribution in [-0.4, -0.2) is 13.1 Å². The molecule has 1 atom stereocenters. The van der Waals surface area contributed by atoms with Gasteiger partial charge in [-0.05, 0) is 54.5 Å². The van der Waals surface area contributed by atoms with Crippen LogP contribution in [0.25, 0.3) is 0 Å². The van der Waals surface area contributed by atoms with E-state index < -0.39 is 0 Å². The van der Waals surface area contributed by atoms with Gasteiger partial charge in [-0.15, -0.1) is 0 Å². The van der Waals surface area contributed by atoms with Gasteiger partial charge in [0.15, 0.2) is 0 Å². The minimum atomic E-state index is -0.169. The predicted molar refractivity (Wildman–Crippen MR) is 83.9 cm³/mol. The predicted octanol–water partition coefficient (Wildman–Crippen LogP) is 4.79. The molecule has 0 amide bonds. The van der Waals surface area contributed by atoms with Crippen LogP contribution >= 0.6 is 15.9 Å². The molecular formula is C16H25BrFN. The van der Waals surface area contributed by atoms with Gasteiger partial charge in [-0.2, -0.15) is 0 Å². The summed E-state index contributed by atoms with van der Waals surface area (Å²) in [5, 5.41) is 3.52. The van der Waals surface area contributed by atoms with E-state index in [1.807, 2.05) is 6.07 Å².